The number of aromatic nitrogens is 2. The minimum atomic E-state index is -0.936. The number of halogens is 1. The number of hydrogen-bond acceptors (Lipinski definition) is 5. The van der Waals surface area contributed by atoms with Crippen LogP contribution in [0.4, 0.5) is 21.6 Å². The van der Waals surface area contributed by atoms with Crippen molar-refractivity contribution in [1.82, 2.24) is 9.78 Å². The van der Waals surface area contributed by atoms with Gasteiger partial charge in [0.15, 0.2) is 0 Å². The number of rotatable bonds is 3. The molecule has 1 aromatic heterocycles. The highest BCUT2D eigenvalue weighted by molar-refractivity contribution is 6.08. The quantitative estimate of drug-likeness (QED) is 0.506. The molecule has 2 aromatic rings. The number of nitrogens with one attached hydrogen (secondary N) is 1. The third-order valence-corrected chi connectivity index (χ3v) is 2.84. The molecule has 0 fully saturated rings. The van der Waals surface area contributed by atoms with E-state index in [1.807, 2.05) is 0 Å². The molecule has 21 heavy (non-hydrogen) atoms. The number of carbonyl (C=O) groups excluding carboxylic acids is 1. The summed E-state index contributed by atoms with van der Waals surface area (Å²) in [6, 6.07) is 3.32. The van der Waals surface area contributed by atoms with Crippen LogP contribution in [0.25, 0.3) is 0 Å². The minimum absolute atomic E-state index is 0.322. The molecule has 0 aliphatic carbocycles. The highest BCUT2D eigenvalue weighted by Gasteiger charge is 2.24. The molecule has 1 heterocycles. The van der Waals surface area contributed by atoms with Gasteiger partial charge in [-0.05, 0) is 13.0 Å². The maximum absolute atomic E-state index is 13.8. The van der Waals surface area contributed by atoms with Crippen LogP contribution < -0.4 is 11.1 Å². The van der Waals surface area contributed by atoms with Gasteiger partial charge in [0, 0.05) is 19.2 Å². The largest absolute Gasteiger partial charge is 0.392 e. The van der Waals surface area contributed by atoms with Gasteiger partial charge in [-0.25, -0.2) is 4.39 Å². The molecule has 9 heteroatoms. The van der Waals surface area contributed by atoms with Gasteiger partial charge in [0.05, 0.1) is 10.6 Å². The van der Waals surface area contributed by atoms with Crippen molar-refractivity contribution in [2.75, 3.05) is 11.1 Å². The van der Waals surface area contributed by atoms with Crippen molar-refractivity contribution in [1.29, 1.82) is 0 Å². The molecule has 0 radical (unpaired) electrons. The van der Waals surface area contributed by atoms with Crippen molar-refractivity contribution in [3.8, 4) is 0 Å². The van der Waals surface area contributed by atoms with Crippen molar-refractivity contribution in [3.63, 3.8) is 0 Å². The van der Waals surface area contributed by atoms with Gasteiger partial charge in [0.25, 0.3) is 11.6 Å². The number of carbonyl (C=O) groups is 1. The first-order valence-corrected chi connectivity index (χ1v) is 5.85. The first-order chi connectivity index (χ1) is 9.81. The maximum Gasteiger partial charge on any atom is 0.293 e. The molecule has 0 bridgehead atoms. The second-order valence-corrected chi connectivity index (χ2v) is 4.36. The van der Waals surface area contributed by atoms with Gasteiger partial charge < -0.3 is 11.1 Å². The molecular weight excluding hydrogens is 281 g/mol. The molecule has 0 saturated carbocycles. The number of amides is 1. The van der Waals surface area contributed by atoms with E-state index in [-0.39, 0.29) is 0 Å². The van der Waals surface area contributed by atoms with Crippen LogP contribution in [0.1, 0.15) is 16.1 Å². The van der Waals surface area contributed by atoms with Crippen LogP contribution in [0, 0.1) is 22.9 Å². The minimum Gasteiger partial charge on any atom is -0.392 e. The molecule has 0 aliphatic rings. The van der Waals surface area contributed by atoms with E-state index in [4.69, 9.17) is 5.73 Å². The van der Waals surface area contributed by atoms with Gasteiger partial charge in [-0.2, -0.15) is 5.10 Å². The van der Waals surface area contributed by atoms with Crippen LogP contribution >= 0.6 is 0 Å². The molecule has 2 rings (SSSR count). The summed E-state index contributed by atoms with van der Waals surface area (Å²) >= 11 is 0. The third-order valence-electron chi connectivity index (χ3n) is 2.84. The molecule has 1 amide bonds. The summed E-state index contributed by atoms with van der Waals surface area (Å²) in [5.74, 6) is -1.49. The number of aryl methyl sites for hydroxylation is 2. The normalized spacial score (nSPS) is 10.4. The summed E-state index contributed by atoms with van der Waals surface area (Å²) in [4.78, 5) is 22.1. The number of hydrogen-bond donors (Lipinski definition) is 2. The average molecular weight is 293 g/mol. The fraction of sp³-hybridized carbons (Fsp3) is 0.167. The Labute approximate surface area is 118 Å². The third kappa shape index (κ3) is 2.66. The summed E-state index contributed by atoms with van der Waals surface area (Å²) in [5, 5.41) is 17.2. The Morgan fingerprint density at radius 3 is 2.71 bits per heavy atom. The Balaban J connectivity index is 2.42. The molecule has 0 saturated heterocycles. The van der Waals surface area contributed by atoms with Crippen LogP contribution in [-0.4, -0.2) is 20.6 Å². The Morgan fingerprint density at radius 1 is 1.52 bits per heavy atom. The maximum atomic E-state index is 13.8. The first-order valence-electron chi connectivity index (χ1n) is 5.85. The van der Waals surface area contributed by atoms with Crippen LogP contribution in [0.3, 0.4) is 0 Å². The number of nitro groups is 1. The number of nitrogens with two attached hydrogens (primary N) is 1. The lowest BCUT2D eigenvalue weighted by Crippen LogP contribution is -2.18. The summed E-state index contributed by atoms with van der Waals surface area (Å²) in [6.45, 7) is 1.72. The van der Waals surface area contributed by atoms with E-state index < -0.39 is 33.6 Å². The van der Waals surface area contributed by atoms with Crippen molar-refractivity contribution in [2.45, 2.75) is 6.92 Å². The summed E-state index contributed by atoms with van der Waals surface area (Å²) in [5.41, 5.74) is 4.56. The van der Waals surface area contributed by atoms with Crippen LogP contribution in [0.15, 0.2) is 18.2 Å². The molecule has 0 unspecified atom stereocenters. The fourth-order valence-electron chi connectivity index (χ4n) is 1.88. The van der Waals surface area contributed by atoms with E-state index in [1.54, 1.807) is 20.0 Å². The van der Waals surface area contributed by atoms with E-state index in [1.165, 1.54) is 4.68 Å². The molecule has 1 aromatic carbocycles. The van der Waals surface area contributed by atoms with Gasteiger partial charge in [-0.15, -0.1) is 0 Å². The van der Waals surface area contributed by atoms with E-state index >= 15 is 0 Å². The van der Waals surface area contributed by atoms with E-state index in [9.17, 15) is 19.3 Å². The lowest BCUT2D eigenvalue weighted by molar-refractivity contribution is -0.384. The predicted molar refractivity (Wildman–Crippen MR) is 73.4 cm³/mol. The lowest BCUT2D eigenvalue weighted by atomic mass is 10.1. The van der Waals surface area contributed by atoms with Crippen LogP contribution in [0.5, 0.6) is 0 Å². The molecular formula is C12H12FN5O3. The monoisotopic (exact) mass is 293 g/mol. The average Bonchev–Trinajstić information content (AvgIpc) is 2.67. The topological polar surface area (TPSA) is 116 Å². The Bertz CT molecular complexity index is 741. The molecule has 8 nitrogen and oxygen atoms in total. The van der Waals surface area contributed by atoms with Crippen molar-refractivity contribution in [2.24, 2.45) is 7.05 Å². The Morgan fingerprint density at radius 2 is 2.19 bits per heavy atom. The number of anilines is 2. The summed E-state index contributed by atoms with van der Waals surface area (Å²) in [7, 11) is 1.59. The second kappa shape index (κ2) is 5.19. The van der Waals surface area contributed by atoms with E-state index in [2.05, 4.69) is 10.4 Å². The number of nitrogen functional groups attached to an aromatic ring is 1. The molecule has 110 valence electrons. The highest BCUT2D eigenvalue weighted by Crippen LogP contribution is 2.28. The zero-order valence-corrected chi connectivity index (χ0v) is 11.3. The molecule has 0 atom stereocenters. The summed E-state index contributed by atoms with van der Waals surface area (Å²) in [6.07, 6.45) is 0. The number of nitro benzene ring substituents is 1. The Hall–Kier alpha value is -2.97. The highest BCUT2D eigenvalue weighted by atomic mass is 19.1. The smallest absolute Gasteiger partial charge is 0.293 e. The zero-order valence-electron chi connectivity index (χ0n) is 11.3. The van der Waals surface area contributed by atoms with Gasteiger partial charge in [0.1, 0.15) is 22.9 Å². The Kier molecular flexibility index (Phi) is 3.57. The first kappa shape index (κ1) is 14.4. The van der Waals surface area contributed by atoms with Gasteiger partial charge >= 0.3 is 0 Å². The second-order valence-electron chi connectivity index (χ2n) is 4.36. The standard InChI is InChI=1S/C12H12FN5O3/c1-6-5-9(17(2)16-6)15-12(19)10-7(13)3-4-8(11(10)14)18(20)21/h3-5H,14H2,1-2H3,(H,15,19). The number of benzene rings is 1. The molecule has 0 aliphatic heterocycles. The zero-order chi connectivity index (χ0) is 15.7. The lowest BCUT2D eigenvalue weighted by Gasteiger charge is -2.08. The van der Waals surface area contributed by atoms with Crippen molar-refractivity contribution >= 4 is 23.1 Å². The fourth-order valence-corrected chi connectivity index (χ4v) is 1.88. The van der Waals surface area contributed by atoms with Gasteiger partial charge in [-0.1, -0.05) is 0 Å². The van der Waals surface area contributed by atoms with Crippen molar-refractivity contribution in [3.05, 3.63) is 45.4 Å². The van der Waals surface area contributed by atoms with Crippen molar-refractivity contribution < 1.29 is 14.1 Å². The molecule has 0 spiro atoms. The van der Waals surface area contributed by atoms with Crippen LogP contribution in [-0.2, 0) is 7.05 Å². The van der Waals surface area contributed by atoms with Crippen LogP contribution in [0.2, 0.25) is 0 Å². The summed E-state index contributed by atoms with van der Waals surface area (Å²) < 4.78 is 15.2. The number of nitrogens with zero attached hydrogens (tertiary/aromatic N) is 3. The predicted octanol–water partition coefficient (Wildman–Crippen LogP) is 1.61. The van der Waals surface area contributed by atoms with Gasteiger partial charge in [-0.3, -0.25) is 19.6 Å². The van der Waals surface area contributed by atoms with Gasteiger partial charge in [0.2, 0.25) is 0 Å². The van der Waals surface area contributed by atoms with E-state index in [0.29, 0.717) is 11.5 Å². The molecule has 3 N–H and O–H groups in total. The van der Waals surface area contributed by atoms with E-state index in [0.717, 1.165) is 12.1 Å². The SMILES string of the molecule is Cc1cc(NC(=O)c2c(F)ccc([N+](=O)[O-])c2N)n(C)n1.